The lowest BCUT2D eigenvalue weighted by Crippen LogP contribution is -2.13. The number of nitrogens with zero attached hydrogens (tertiary/aromatic N) is 2. The molecule has 0 aliphatic carbocycles. The Morgan fingerprint density at radius 2 is 2.00 bits per heavy atom. The Hall–Kier alpha value is -1.22. The summed E-state index contributed by atoms with van der Waals surface area (Å²) in [7, 11) is 0. The van der Waals surface area contributed by atoms with Crippen molar-refractivity contribution in [2.45, 2.75) is 11.3 Å². The summed E-state index contributed by atoms with van der Waals surface area (Å²) in [5.41, 5.74) is 2.87. The largest absolute Gasteiger partial charge is 0.301 e. The van der Waals surface area contributed by atoms with Crippen molar-refractivity contribution in [2.24, 2.45) is 0 Å². The minimum atomic E-state index is -0.0699. The average molecular weight is 426 g/mol. The van der Waals surface area contributed by atoms with Crippen molar-refractivity contribution in [3.63, 3.8) is 0 Å². The van der Waals surface area contributed by atoms with Gasteiger partial charge in [0.2, 0.25) is 5.91 Å². The predicted octanol–water partition coefficient (Wildman–Crippen LogP) is 5.07. The van der Waals surface area contributed by atoms with Crippen LogP contribution in [0.4, 0.5) is 5.13 Å². The number of benzene rings is 1. The smallest absolute Gasteiger partial charge is 0.236 e. The third kappa shape index (κ3) is 4.63. The molecule has 2 aromatic heterocycles. The van der Waals surface area contributed by atoms with Gasteiger partial charge in [0, 0.05) is 26.5 Å². The molecule has 0 unspecified atom stereocenters. The number of halogens is 1. The lowest BCUT2D eigenvalue weighted by molar-refractivity contribution is -0.113. The first-order valence-electron chi connectivity index (χ1n) is 6.66. The maximum Gasteiger partial charge on any atom is 0.236 e. The second-order valence-corrected chi connectivity index (χ2v) is 8.49. The number of rotatable bonds is 5. The number of thioether (sulfide) groups is 1. The highest BCUT2D eigenvalue weighted by Crippen LogP contribution is 2.27. The summed E-state index contributed by atoms with van der Waals surface area (Å²) in [6, 6.07) is 7.93. The maximum absolute atomic E-state index is 12.0. The lowest BCUT2D eigenvalue weighted by Gasteiger charge is -2.00. The molecule has 0 radical (unpaired) electrons. The van der Waals surface area contributed by atoms with Crippen molar-refractivity contribution in [3.8, 4) is 11.3 Å². The molecular formula is C15H12BrN3OS3. The van der Waals surface area contributed by atoms with Crippen molar-refractivity contribution in [3.05, 3.63) is 45.2 Å². The van der Waals surface area contributed by atoms with Gasteiger partial charge < -0.3 is 5.32 Å². The van der Waals surface area contributed by atoms with E-state index in [9.17, 15) is 4.79 Å². The fourth-order valence-electron chi connectivity index (χ4n) is 1.77. The van der Waals surface area contributed by atoms with Crippen molar-refractivity contribution < 1.29 is 4.79 Å². The van der Waals surface area contributed by atoms with E-state index in [0.717, 1.165) is 25.8 Å². The summed E-state index contributed by atoms with van der Waals surface area (Å²) in [6.45, 7) is 1.94. The number of hydrogen-bond donors (Lipinski definition) is 1. The van der Waals surface area contributed by atoms with E-state index in [1.807, 2.05) is 41.9 Å². The molecule has 8 heteroatoms. The fraction of sp³-hybridized carbons (Fsp3) is 0.133. The number of amides is 1. The summed E-state index contributed by atoms with van der Waals surface area (Å²) < 4.78 is 1.94. The van der Waals surface area contributed by atoms with E-state index in [-0.39, 0.29) is 5.91 Å². The molecule has 1 aromatic carbocycles. The standard InChI is InChI=1S/C15H12BrN3OS3/c1-9-6-22-15(17-9)23-8-13(20)19-14-18-12(7-21-14)10-2-4-11(16)5-3-10/h2-7H,8H2,1H3,(H,18,19,20). The van der Waals surface area contributed by atoms with Crippen LogP contribution in [0.3, 0.4) is 0 Å². The van der Waals surface area contributed by atoms with Crippen LogP contribution in [0.2, 0.25) is 0 Å². The Morgan fingerprint density at radius 1 is 1.22 bits per heavy atom. The van der Waals surface area contributed by atoms with E-state index < -0.39 is 0 Å². The Balaban J connectivity index is 1.58. The van der Waals surface area contributed by atoms with Crippen LogP contribution in [-0.4, -0.2) is 21.6 Å². The number of carbonyl (C=O) groups is 1. The number of nitrogens with one attached hydrogen (secondary N) is 1. The molecule has 0 atom stereocenters. The maximum atomic E-state index is 12.0. The second kappa shape index (κ2) is 7.57. The van der Waals surface area contributed by atoms with Crippen LogP contribution in [0, 0.1) is 6.92 Å². The molecule has 0 saturated carbocycles. The summed E-state index contributed by atoms with van der Waals surface area (Å²) in [5, 5.41) is 7.37. The monoisotopic (exact) mass is 425 g/mol. The molecule has 0 aliphatic heterocycles. The van der Waals surface area contributed by atoms with Crippen LogP contribution in [-0.2, 0) is 4.79 Å². The zero-order chi connectivity index (χ0) is 16.2. The summed E-state index contributed by atoms with van der Waals surface area (Å²) in [4.78, 5) is 20.8. The molecule has 0 fully saturated rings. The molecule has 1 amide bonds. The third-order valence-electron chi connectivity index (χ3n) is 2.82. The normalized spacial score (nSPS) is 10.7. The van der Waals surface area contributed by atoms with Gasteiger partial charge >= 0.3 is 0 Å². The molecule has 23 heavy (non-hydrogen) atoms. The fourth-order valence-corrected chi connectivity index (χ4v) is 4.42. The van der Waals surface area contributed by atoms with Gasteiger partial charge in [-0.1, -0.05) is 39.8 Å². The molecule has 0 aliphatic rings. The Kier molecular flexibility index (Phi) is 5.47. The zero-order valence-electron chi connectivity index (χ0n) is 12.1. The molecule has 118 valence electrons. The first-order chi connectivity index (χ1) is 11.1. The van der Waals surface area contributed by atoms with Crippen LogP contribution >= 0.6 is 50.4 Å². The van der Waals surface area contributed by atoms with E-state index in [1.54, 1.807) is 11.3 Å². The summed E-state index contributed by atoms with van der Waals surface area (Å²) in [5.74, 6) is 0.264. The molecule has 3 rings (SSSR count). The molecular weight excluding hydrogens is 414 g/mol. The highest BCUT2D eigenvalue weighted by atomic mass is 79.9. The first kappa shape index (κ1) is 16.6. The van der Waals surface area contributed by atoms with E-state index in [0.29, 0.717) is 10.9 Å². The first-order valence-corrected chi connectivity index (χ1v) is 10.2. The van der Waals surface area contributed by atoms with Crippen LogP contribution < -0.4 is 5.32 Å². The average Bonchev–Trinajstić information content (AvgIpc) is 3.15. The van der Waals surface area contributed by atoms with Crippen molar-refractivity contribution >= 4 is 61.4 Å². The van der Waals surface area contributed by atoms with Crippen LogP contribution in [0.15, 0.2) is 43.8 Å². The van der Waals surface area contributed by atoms with Crippen molar-refractivity contribution in [1.29, 1.82) is 0 Å². The van der Waals surface area contributed by atoms with Gasteiger partial charge in [-0.3, -0.25) is 4.79 Å². The molecule has 0 spiro atoms. The molecule has 3 aromatic rings. The highest BCUT2D eigenvalue weighted by molar-refractivity contribution is 9.10. The van der Waals surface area contributed by atoms with Gasteiger partial charge in [0.15, 0.2) is 9.47 Å². The summed E-state index contributed by atoms with van der Waals surface area (Å²) in [6.07, 6.45) is 0. The minimum Gasteiger partial charge on any atom is -0.301 e. The van der Waals surface area contributed by atoms with Gasteiger partial charge in [0.1, 0.15) is 0 Å². The predicted molar refractivity (Wildman–Crippen MR) is 101 cm³/mol. The van der Waals surface area contributed by atoms with E-state index in [2.05, 4.69) is 31.2 Å². The number of aryl methyl sites for hydroxylation is 1. The van der Waals surface area contributed by atoms with Gasteiger partial charge in [0.05, 0.1) is 11.4 Å². The number of hydrogen-bond acceptors (Lipinski definition) is 6. The SMILES string of the molecule is Cc1csc(SCC(=O)Nc2nc(-c3ccc(Br)cc3)cs2)n1. The molecule has 4 nitrogen and oxygen atoms in total. The van der Waals surface area contributed by atoms with Crippen LogP contribution in [0.1, 0.15) is 5.69 Å². The number of thiazole rings is 2. The van der Waals surface area contributed by atoms with Gasteiger partial charge in [-0.2, -0.15) is 0 Å². The van der Waals surface area contributed by atoms with Gasteiger partial charge in [0.25, 0.3) is 0 Å². The number of aromatic nitrogens is 2. The number of anilines is 1. The molecule has 0 bridgehead atoms. The van der Waals surface area contributed by atoms with Crippen LogP contribution in [0.25, 0.3) is 11.3 Å². The highest BCUT2D eigenvalue weighted by Gasteiger charge is 2.09. The third-order valence-corrected chi connectivity index (χ3v) is 6.24. The van der Waals surface area contributed by atoms with Gasteiger partial charge in [-0.15, -0.1) is 22.7 Å². The van der Waals surface area contributed by atoms with E-state index >= 15 is 0 Å². The van der Waals surface area contributed by atoms with Crippen LogP contribution in [0.5, 0.6) is 0 Å². The molecule has 0 saturated heterocycles. The number of carbonyl (C=O) groups excluding carboxylic acids is 1. The van der Waals surface area contributed by atoms with E-state index in [1.165, 1.54) is 23.1 Å². The second-order valence-electron chi connectivity index (χ2n) is 4.64. The minimum absolute atomic E-state index is 0.0699. The van der Waals surface area contributed by atoms with Crippen molar-refractivity contribution in [1.82, 2.24) is 9.97 Å². The Morgan fingerprint density at radius 3 is 2.70 bits per heavy atom. The topological polar surface area (TPSA) is 54.9 Å². The van der Waals surface area contributed by atoms with Gasteiger partial charge in [-0.25, -0.2) is 9.97 Å². The Bertz CT molecular complexity index is 813. The zero-order valence-corrected chi connectivity index (χ0v) is 16.1. The quantitative estimate of drug-likeness (QED) is 0.579. The lowest BCUT2D eigenvalue weighted by atomic mass is 10.2. The Labute approximate surface area is 154 Å². The molecule has 2 heterocycles. The summed E-state index contributed by atoms with van der Waals surface area (Å²) >= 11 is 7.83. The molecule has 1 N–H and O–H groups in total. The van der Waals surface area contributed by atoms with Crippen molar-refractivity contribution in [2.75, 3.05) is 11.1 Å². The van der Waals surface area contributed by atoms with Gasteiger partial charge in [-0.05, 0) is 19.1 Å². The van der Waals surface area contributed by atoms with E-state index in [4.69, 9.17) is 0 Å².